The van der Waals surface area contributed by atoms with Crippen LogP contribution in [0.1, 0.15) is 0 Å². The van der Waals surface area contributed by atoms with E-state index in [0.29, 0.717) is 4.47 Å². The Balaban J connectivity index is 1.79. The maximum absolute atomic E-state index is 13.7. The second-order valence-corrected chi connectivity index (χ2v) is 6.63. The molecule has 0 atom stereocenters. The number of pyridine rings is 1. The summed E-state index contributed by atoms with van der Waals surface area (Å²) in [6, 6.07) is 5.63. The van der Waals surface area contributed by atoms with Crippen molar-refractivity contribution < 1.29 is 13.9 Å². The summed E-state index contributed by atoms with van der Waals surface area (Å²) in [7, 11) is 2.85. The molecule has 3 rings (SSSR count). The van der Waals surface area contributed by atoms with Crippen LogP contribution in [0.5, 0.6) is 5.75 Å². The van der Waals surface area contributed by atoms with Gasteiger partial charge in [-0.3, -0.25) is 18.7 Å². The molecule has 1 amide bonds. The summed E-state index contributed by atoms with van der Waals surface area (Å²) in [6.07, 6.45) is 1.32. The van der Waals surface area contributed by atoms with E-state index < -0.39 is 29.6 Å². The van der Waals surface area contributed by atoms with E-state index in [2.05, 4.69) is 26.2 Å². The third kappa shape index (κ3) is 3.75. The number of nitrogens with zero attached hydrogens (tertiary/aromatic N) is 3. The lowest BCUT2D eigenvalue weighted by Crippen LogP contribution is -2.37. The van der Waals surface area contributed by atoms with Crippen molar-refractivity contribution >= 4 is 38.6 Å². The second kappa shape index (κ2) is 7.31. The van der Waals surface area contributed by atoms with Crippen LogP contribution in [0.4, 0.5) is 10.1 Å². The minimum absolute atomic E-state index is 0.0612. The number of anilines is 1. The van der Waals surface area contributed by atoms with Crippen LogP contribution in [0.3, 0.4) is 0 Å². The van der Waals surface area contributed by atoms with Gasteiger partial charge >= 0.3 is 5.69 Å². The highest BCUT2D eigenvalue weighted by atomic mass is 79.9. The molecule has 0 bridgehead atoms. The highest BCUT2D eigenvalue weighted by molar-refractivity contribution is 9.10. The Labute approximate surface area is 160 Å². The number of aromatic nitrogens is 3. The van der Waals surface area contributed by atoms with Gasteiger partial charge < -0.3 is 10.1 Å². The Morgan fingerprint density at radius 1 is 1.26 bits per heavy atom. The number of hydrogen-bond acceptors (Lipinski definition) is 5. The van der Waals surface area contributed by atoms with Crippen LogP contribution in [-0.2, 0) is 18.9 Å². The standard InChI is InChI=1S/C17H14BrFN4O4/c1-22-15-11(16(25)23(2)17(22)26)6-10(7-20-15)21-14(24)8-27-13-4-3-9(18)5-12(13)19/h3-7H,8H2,1-2H3,(H,21,24). The second-order valence-electron chi connectivity index (χ2n) is 5.71. The van der Waals surface area contributed by atoms with Gasteiger partial charge in [-0.05, 0) is 24.3 Å². The molecule has 3 aromatic rings. The summed E-state index contributed by atoms with van der Waals surface area (Å²) in [5, 5.41) is 2.70. The number of halogens is 2. The monoisotopic (exact) mass is 436 g/mol. The predicted molar refractivity (Wildman–Crippen MR) is 100 cm³/mol. The first-order valence-electron chi connectivity index (χ1n) is 7.71. The third-order valence-electron chi connectivity index (χ3n) is 3.83. The minimum Gasteiger partial charge on any atom is -0.481 e. The van der Waals surface area contributed by atoms with Gasteiger partial charge in [0.1, 0.15) is 5.65 Å². The van der Waals surface area contributed by atoms with Crippen molar-refractivity contribution in [3.8, 4) is 5.75 Å². The molecule has 10 heteroatoms. The van der Waals surface area contributed by atoms with Crippen molar-refractivity contribution in [3.63, 3.8) is 0 Å². The zero-order valence-corrected chi connectivity index (χ0v) is 15.9. The Bertz CT molecular complexity index is 1170. The van der Waals surface area contributed by atoms with Gasteiger partial charge in [0.05, 0.1) is 17.3 Å². The molecule has 1 aromatic carbocycles. The number of nitrogens with one attached hydrogen (secondary N) is 1. The molecule has 0 saturated carbocycles. The average molecular weight is 437 g/mol. The molecule has 2 heterocycles. The van der Waals surface area contributed by atoms with E-state index in [4.69, 9.17) is 4.74 Å². The number of rotatable bonds is 4. The van der Waals surface area contributed by atoms with E-state index in [1.54, 1.807) is 6.07 Å². The lowest BCUT2D eigenvalue weighted by atomic mass is 10.3. The zero-order chi connectivity index (χ0) is 19.7. The maximum Gasteiger partial charge on any atom is 0.332 e. The van der Waals surface area contributed by atoms with Crippen LogP contribution in [0.2, 0.25) is 0 Å². The molecule has 0 radical (unpaired) electrons. The predicted octanol–water partition coefficient (Wildman–Crippen LogP) is 1.55. The molecule has 8 nitrogen and oxygen atoms in total. The zero-order valence-electron chi connectivity index (χ0n) is 14.3. The van der Waals surface area contributed by atoms with E-state index >= 15 is 0 Å². The summed E-state index contributed by atoms with van der Waals surface area (Å²) >= 11 is 3.13. The smallest absolute Gasteiger partial charge is 0.332 e. The quantitative estimate of drug-likeness (QED) is 0.669. The van der Waals surface area contributed by atoms with Gasteiger partial charge in [0.15, 0.2) is 18.2 Å². The summed E-state index contributed by atoms with van der Waals surface area (Å²) in [4.78, 5) is 40.2. The molecule has 0 aliphatic carbocycles. The first-order chi connectivity index (χ1) is 12.8. The molecule has 0 unspecified atom stereocenters. The van der Waals surface area contributed by atoms with E-state index in [1.807, 2.05) is 0 Å². The molecule has 2 aromatic heterocycles. The number of fused-ring (bicyclic) bond motifs is 1. The van der Waals surface area contributed by atoms with Gasteiger partial charge in [0.25, 0.3) is 11.5 Å². The van der Waals surface area contributed by atoms with Gasteiger partial charge in [-0.2, -0.15) is 0 Å². The molecule has 0 fully saturated rings. The van der Waals surface area contributed by atoms with Crippen molar-refractivity contribution in [2.45, 2.75) is 0 Å². The maximum atomic E-state index is 13.7. The van der Waals surface area contributed by atoms with Gasteiger partial charge in [0.2, 0.25) is 0 Å². The molecule has 0 spiro atoms. The fourth-order valence-electron chi connectivity index (χ4n) is 2.47. The molecular formula is C17H14BrFN4O4. The number of carbonyl (C=O) groups excluding carboxylic acids is 1. The first kappa shape index (κ1) is 18.8. The number of amides is 1. The van der Waals surface area contributed by atoms with Gasteiger partial charge in [-0.1, -0.05) is 15.9 Å². The molecule has 0 saturated heterocycles. The van der Waals surface area contributed by atoms with Crippen LogP contribution in [0.15, 0.2) is 44.5 Å². The highest BCUT2D eigenvalue weighted by Gasteiger charge is 2.12. The normalized spacial score (nSPS) is 10.8. The SMILES string of the molecule is Cn1c(=O)c2cc(NC(=O)COc3ccc(Br)cc3F)cnc2n(C)c1=O. The van der Waals surface area contributed by atoms with Crippen LogP contribution in [0.25, 0.3) is 11.0 Å². The van der Waals surface area contributed by atoms with Crippen LogP contribution in [-0.4, -0.2) is 26.6 Å². The summed E-state index contributed by atoms with van der Waals surface area (Å²) in [5.74, 6) is -1.22. The fourth-order valence-corrected chi connectivity index (χ4v) is 2.80. The van der Waals surface area contributed by atoms with E-state index in [0.717, 1.165) is 4.57 Å². The lowest BCUT2D eigenvalue weighted by Gasteiger charge is -2.10. The largest absolute Gasteiger partial charge is 0.481 e. The van der Waals surface area contributed by atoms with Gasteiger partial charge in [-0.25, -0.2) is 14.2 Å². The topological polar surface area (TPSA) is 95.2 Å². The summed E-state index contributed by atoms with van der Waals surface area (Å²) in [5.41, 5.74) is -0.566. The summed E-state index contributed by atoms with van der Waals surface area (Å²) < 4.78 is 21.6. The molecular weight excluding hydrogens is 423 g/mol. The molecule has 27 heavy (non-hydrogen) atoms. The van der Waals surface area contributed by atoms with Crippen molar-refractivity contribution in [1.82, 2.24) is 14.1 Å². The van der Waals surface area contributed by atoms with Crippen LogP contribution >= 0.6 is 15.9 Å². The van der Waals surface area contributed by atoms with Crippen LogP contribution < -0.4 is 21.3 Å². The number of carbonyl (C=O) groups is 1. The minimum atomic E-state index is -0.603. The molecule has 1 N–H and O–H groups in total. The fraction of sp³-hybridized carbons (Fsp3) is 0.176. The Hall–Kier alpha value is -3.01. The number of aryl methyl sites for hydroxylation is 1. The van der Waals surface area contributed by atoms with Crippen molar-refractivity contribution in [2.75, 3.05) is 11.9 Å². The number of ether oxygens (including phenoxy) is 1. The first-order valence-corrected chi connectivity index (χ1v) is 8.50. The van der Waals surface area contributed by atoms with Crippen LogP contribution in [0, 0.1) is 5.82 Å². The van der Waals surface area contributed by atoms with E-state index in [9.17, 15) is 18.8 Å². The van der Waals surface area contributed by atoms with E-state index in [-0.39, 0.29) is 22.5 Å². The molecule has 0 aliphatic heterocycles. The molecule has 0 aliphatic rings. The Morgan fingerprint density at radius 2 is 2.00 bits per heavy atom. The van der Waals surface area contributed by atoms with Crippen molar-refractivity contribution in [3.05, 3.63) is 61.6 Å². The third-order valence-corrected chi connectivity index (χ3v) is 4.32. The Morgan fingerprint density at radius 3 is 2.70 bits per heavy atom. The summed E-state index contributed by atoms with van der Waals surface area (Å²) in [6.45, 7) is -0.429. The van der Waals surface area contributed by atoms with Gasteiger partial charge in [0, 0.05) is 18.6 Å². The molecule has 140 valence electrons. The van der Waals surface area contributed by atoms with Crippen molar-refractivity contribution in [2.24, 2.45) is 14.1 Å². The Kier molecular flexibility index (Phi) is 5.08. The number of hydrogen-bond donors (Lipinski definition) is 1. The lowest BCUT2D eigenvalue weighted by molar-refractivity contribution is -0.118. The highest BCUT2D eigenvalue weighted by Crippen LogP contribution is 2.21. The van der Waals surface area contributed by atoms with Crippen molar-refractivity contribution in [1.29, 1.82) is 0 Å². The average Bonchev–Trinajstić information content (AvgIpc) is 2.64. The van der Waals surface area contributed by atoms with E-state index in [1.165, 1.54) is 43.1 Å². The number of benzene rings is 1. The van der Waals surface area contributed by atoms with Gasteiger partial charge in [-0.15, -0.1) is 0 Å².